The van der Waals surface area contributed by atoms with E-state index in [-0.39, 0.29) is 10.8 Å². The summed E-state index contributed by atoms with van der Waals surface area (Å²) in [6.45, 7) is 0. The van der Waals surface area contributed by atoms with E-state index in [1.54, 1.807) is 18.2 Å². The summed E-state index contributed by atoms with van der Waals surface area (Å²) in [6, 6.07) is 8.18. The van der Waals surface area contributed by atoms with Crippen LogP contribution in [-0.2, 0) is 0 Å². The Kier molecular flexibility index (Phi) is 5.11. The number of halogens is 2. The van der Waals surface area contributed by atoms with Crippen molar-refractivity contribution in [3.05, 3.63) is 48.0 Å². The summed E-state index contributed by atoms with van der Waals surface area (Å²) in [5, 5.41) is 5.58. The summed E-state index contributed by atoms with van der Waals surface area (Å²) >= 11 is 5.08. The van der Waals surface area contributed by atoms with Crippen molar-refractivity contribution in [3.63, 3.8) is 0 Å². The van der Waals surface area contributed by atoms with Crippen LogP contribution in [0.25, 0.3) is 0 Å². The van der Waals surface area contributed by atoms with E-state index in [9.17, 15) is 8.78 Å². The van der Waals surface area contributed by atoms with E-state index in [1.807, 2.05) is 0 Å². The number of ether oxygens (including phenoxy) is 2. The molecule has 0 aliphatic carbocycles. The molecule has 0 aromatic heterocycles. The average Bonchev–Trinajstić information content (AvgIpc) is 2.50. The van der Waals surface area contributed by atoms with Crippen LogP contribution in [0.1, 0.15) is 0 Å². The molecule has 7 heteroatoms. The van der Waals surface area contributed by atoms with Crippen molar-refractivity contribution in [1.29, 1.82) is 0 Å². The zero-order valence-electron chi connectivity index (χ0n) is 11.9. The average molecular weight is 324 g/mol. The van der Waals surface area contributed by atoms with Gasteiger partial charge in [-0.05, 0) is 36.5 Å². The maximum Gasteiger partial charge on any atom is 0.175 e. The van der Waals surface area contributed by atoms with Crippen LogP contribution >= 0.6 is 12.2 Å². The fraction of sp³-hybridized carbons (Fsp3) is 0.133. The fourth-order valence-corrected chi connectivity index (χ4v) is 2.02. The number of thiocarbonyl (C=S) groups is 1. The van der Waals surface area contributed by atoms with Gasteiger partial charge in [-0.15, -0.1) is 0 Å². The van der Waals surface area contributed by atoms with Crippen LogP contribution in [0.2, 0.25) is 0 Å². The number of methoxy groups -OCH3 is 2. The molecule has 2 aromatic carbocycles. The van der Waals surface area contributed by atoms with Crippen LogP contribution < -0.4 is 20.1 Å². The van der Waals surface area contributed by atoms with E-state index in [1.165, 1.54) is 14.2 Å². The first kappa shape index (κ1) is 16.0. The van der Waals surface area contributed by atoms with Crippen LogP contribution in [-0.4, -0.2) is 19.3 Å². The summed E-state index contributed by atoms with van der Waals surface area (Å²) < 4.78 is 36.9. The molecule has 116 valence electrons. The van der Waals surface area contributed by atoms with Gasteiger partial charge in [0.1, 0.15) is 11.6 Å². The maximum absolute atomic E-state index is 13.5. The van der Waals surface area contributed by atoms with E-state index in [4.69, 9.17) is 21.7 Å². The first-order valence-electron chi connectivity index (χ1n) is 6.28. The van der Waals surface area contributed by atoms with Gasteiger partial charge in [0.25, 0.3) is 0 Å². The standard InChI is InChI=1S/C15H14F2N2O2S/c1-20-13-6-4-10(8-14(13)21-2)18-15(22)19-12-7-9(16)3-5-11(12)17/h3-8H,1-2H3,(H2,18,19,22). The van der Waals surface area contributed by atoms with Gasteiger partial charge in [0, 0.05) is 17.8 Å². The molecule has 4 nitrogen and oxygen atoms in total. The highest BCUT2D eigenvalue weighted by Crippen LogP contribution is 2.29. The number of benzene rings is 2. The first-order valence-corrected chi connectivity index (χ1v) is 6.69. The minimum atomic E-state index is -0.599. The van der Waals surface area contributed by atoms with Gasteiger partial charge >= 0.3 is 0 Å². The van der Waals surface area contributed by atoms with E-state index < -0.39 is 11.6 Å². The van der Waals surface area contributed by atoms with Gasteiger partial charge in [-0.25, -0.2) is 8.78 Å². The zero-order chi connectivity index (χ0) is 16.1. The van der Waals surface area contributed by atoms with Crippen LogP contribution in [0, 0.1) is 11.6 Å². The highest BCUT2D eigenvalue weighted by molar-refractivity contribution is 7.80. The third kappa shape index (κ3) is 3.82. The Morgan fingerprint density at radius 1 is 0.955 bits per heavy atom. The maximum atomic E-state index is 13.5. The molecule has 0 aliphatic rings. The molecule has 2 rings (SSSR count). The SMILES string of the molecule is COc1ccc(NC(=S)Nc2cc(F)ccc2F)cc1OC. The molecule has 0 atom stereocenters. The smallest absolute Gasteiger partial charge is 0.175 e. The van der Waals surface area contributed by atoms with Gasteiger partial charge in [0.2, 0.25) is 0 Å². The van der Waals surface area contributed by atoms with Crippen LogP contribution in [0.5, 0.6) is 11.5 Å². The Labute approximate surface area is 132 Å². The molecule has 0 unspecified atom stereocenters. The molecule has 0 spiro atoms. The fourth-order valence-electron chi connectivity index (χ4n) is 1.79. The van der Waals surface area contributed by atoms with Crippen molar-refractivity contribution in [1.82, 2.24) is 0 Å². The van der Waals surface area contributed by atoms with Crippen molar-refractivity contribution < 1.29 is 18.3 Å². The van der Waals surface area contributed by atoms with Crippen LogP contribution in [0.15, 0.2) is 36.4 Å². The summed E-state index contributed by atoms with van der Waals surface area (Å²) in [4.78, 5) is 0. The van der Waals surface area contributed by atoms with Gasteiger partial charge in [-0.1, -0.05) is 0 Å². The minimum absolute atomic E-state index is 0.0435. The molecule has 0 bridgehead atoms. The number of nitrogens with one attached hydrogen (secondary N) is 2. The highest BCUT2D eigenvalue weighted by Gasteiger charge is 2.08. The zero-order valence-corrected chi connectivity index (χ0v) is 12.8. The summed E-state index contributed by atoms with van der Waals surface area (Å²) in [5.41, 5.74) is 0.574. The van der Waals surface area contributed by atoms with E-state index >= 15 is 0 Å². The quantitative estimate of drug-likeness (QED) is 0.838. The lowest BCUT2D eigenvalue weighted by Crippen LogP contribution is -2.20. The summed E-state index contributed by atoms with van der Waals surface area (Å²) in [5.74, 6) is -0.0639. The molecule has 2 aromatic rings. The van der Waals surface area contributed by atoms with Crippen molar-refractivity contribution in [2.75, 3.05) is 24.9 Å². The van der Waals surface area contributed by atoms with Gasteiger partial charge in [-0.3, -0.25) is 0 Å². The second-order valence-corrected chi connectivity index (χ2v) is 4.68. The van der Waals surface area contributed by atoms with Gasteiger partial charge < -0.3 is 20.1 Å². The van der Waals surface area contributed by atoms with Crippen molar-refractivity contribution in [2.24, 2.45) is 0 Å². The third-order valence-electron chi connectivity index (χ3n) is 2.82. The summed E-state index contributed by atoms with van der Waals surface area (Å²) in [6.07, 6.45) is 0. The summed E-state index contributed by atoms with van der Waals surface area (Å²) in [7, 11) is 3.05. The van der Waals surface area contributed by atoms with Crippen molar-refractivity contribution in [2.45, 2.75) is 0 Å². The second kappa shape index (κ2) is 7.04. The number of rotatable bonds is 4. The van der Waals surface area contributed by atoms with Crippen molar-refractivity contribution >= 4 is 28.7 Å². The monoisotopic (exact) mass is 324 g/mol. The van der Waals surface area contributed by atoms with Gasteiger partial charge in [0.15, 0.2) is 16.6 Å². The Morgan fingerprint density at radius 3 is 2.36 bits per heavy atom. The molecule has 22 heavy (non-hydrogen) atoms. The molecule has 0 radical (unpaired) electrons. The Hall–Kier alpha value is -2.41. The molecule has 0 saturated heterocycles. The predicted octanol–water partition coefficient (Wildman–Crippen LogP) is 3.79. The van der Waals surface area contributed by atoms with Crippen molar-refractivity contribution in [3.8, 4) is 11.5 Å². The minimum Gasteiger partial charge on any atom is -0.493 e. The Bertz CT molecular complexity index is 695. The van der Waals surface area contributed by atoms with E-state index in [2.05, 4.69) is 10.6 Å². The normalized spacial score (nSPS) is 10.0. The molecule has 0 fully saturated rings. The van der Waals surface area contributed by atoms with E-state index in [0.29, 0.717) is 17.2 Å². The largest absolute Gasteiger partial charge is 0.493 e. The van der Waals surface area contributed by atoms with Crippen LogP contribution in [0.4, 0.5) is 20.2 Å². The van der Waals surface area contributed by atoms with Gasteiger partial charge in [-0.2, -0.15) is 0 Å². The third-order valence-corrected chi connectivity index (χ3v) is 3.02. The molecular formula is C15H14F2N2O2S. The predicted molar refractivity (Wildman–Crippen MR) is 85.7 cm³/mol. The molecule has 0 aliphatic heterocycles. The number of hydrogen-bond acceptors (Lipinski definition) is 3. The molecule has 0 heterocycles. The van der Waals surface area contributed by atoms with Crippen LogP contribution in [0.3, 0.4) is 0 Å². The molecular weight excluding hydrogens is 310 g/mol. The Morgan fingerprint density at radius 2 is 1.68 bits per heavy atom. The lowest BCUT2D eigenvalue weighted by molar-refractivity contribution is 0.355. The number of anilines is 2. The molecule has 0 saturated carbocycles. The van der Waals surface area contributed by atoms with E-state index in [0.717, 1.165) is 18.2 Å². The molecule has 0 amide bonds. The lowest BCUT2D eigenvalue weighted by Gasteiger charge is -2.13. The number of hydrogen-bond donors (Lipinski definition) is 2. The van der Waals surface area contributed by atoms with Gasteiger partial charge in [0.05, 0.1) is 19.9 Å². The molecule has 2 N–H and O–H groups in total. The second-order valence-electron chi connectivity index (χ2n) is 4.27. The Balaban J connectivity index is 2.10. The first-order chi connectivity index (χ1) is 10.5. The highest BCUT2D eigenvalue weighted by atomic mass is 32.1. The lowest BCUT2D eigenvalue weighted by atomic mass is 10.2. The topological polar surface area (TPSA) is 42.5 Å².